The molecule has 2 atom stereocenters. The van der Waals surface area contributed by atoms with Gasteiger partial charge in [0.2, 0.25) is 0 Å². The molecule has 0 bridgehead atoms. The fourth-order valence-electron chi connectivity index (χ4n) is 3.12. The molecule has 0 aliphatic carbocycles. The Balaban J connectivity index is 1.74. The van der Waals surface area contributed by atoms with Gasteiger partial charge in [-0.2, -0.15) is 11.3 Å². The van der Waals surface area contributed by atoms with Crippen molar-refractivity contribution in [3.63, 3.8) is 0 Å². The smallest absolute Gasteiger partial charge is 0.307 e. The van der Waals surface area contributed by atoms with E-state index in [0.717, 1.165) is 26.1 Å². The number of hydrogen-bond donors (Lipinski definition) is 1. The van der Waals surface area contributed by atoms with Crippen LogP contribution in [0.1, 0.15) is 23.5 Å². The summed E-state index contributed by atoms with van der Waals surface area (Å²) in [6.07, 6.45) is 0.725. The molecule has 4 heteroatoms. The van der Waals surface area contributed by atoms with Gasteiger partial charge >= 0.3 is 5.97 Å². The number of carboxylic acid groups (broad SMARTS) is 1. The Bertz CT molecular complexity index is 582. The van der Waals surface area contributed by atoms with Crippen LogP contribution >= 0.6 is 11.3 Å². The van der Waals surface area contributed by atoms with Crippen LogP contribution in [-0.2, 0) is 11.3 Å². The van der Waals surface area contributed by atoms with E-state index < -0.39 is 5.97 Å². The highest BCUT2D eigenvalue weighted by Gasteiger charge is 2.35. The van der Waals surface area contributed by atoms with Gasteiger partial charge in [0.15, 0.2) is 0 Å². The second kappa shape index (κ2) is 6.41. The summed E-state index contributed by atoms with van der Waals surface area (Å²) >= 11 is 1.64. The molecule has 2 unspecified atom stereocenters. The molecule has 21 heavy (non-hydrogen) atoms. The molecule has 0 amide bonds. The zero-order valence-corrected chi connectivity index (χ0v) is 12.6. The van der Waals surface area contributed by atoms with Crippen molar-refractivity contribution < 1.29 is 9.90 Å². The number of benzene rings is 1. The van der Waals surface area contributed by atoms with E-state index in [1.165, 1.54) is 11.1 Å². The number of likely N-dealkylation sites (tertiary alicyclic amines) is 1. The standard InChI is InChI=1S/C17H19NO2S/c19-17(20)15-6-8-18(10-13-4-2-1-3-5-13)11-16(15)14-7-9-21-12-14/h1-5,7,9,12,15-16H,6,8,10-11H2,(H,19,20). The van der Waals surface area contributed by atoms with Gasteiger partial charge in [-0.05, 0) is 40.9 Å². The zero-order chi connectivity index (χ0) is 14.7. The molecule has 0 radical (unpaired) electrons. The van der Waals surface area contributed by atoms with Gasteiger partial charge in [-0.15, -0.1) is 0 Å². The van der Waals surface area contributed by atoms with Crippen LogP contribution in [0, 0.1) is 5.92 Å². The summed E-state index contributed by atoms with van der Waals surface area (Å²) in [6.45, 7) is 2.57. The molecule has 1 saturated heterocycles. The van der Waals surface area contributed by atoms with Gasteiger partial charge in [0.1, 0.15) is 0 Å². The maximum absolute atomic E-state index is 11.5. The average Bonchev–Trinajstić information content (AvgIpc) is 3.02. The average molecular weight is 301 g/mol. The molecule has 3 nitrogen and oxygen atoms in total. The third kappa shape index (κ3) is 3.34. The van der Waals surface area contributed by atoms with Crippen molar-refractivity contribution in [1.29, 1.82) is 0 Å². The van der Waals surface area contributed by atoms with E-state index in [0.29, 0.717) is 0 Å². The minimum absolute atomic E-state index is 0.103. The fraction of sp³-hybridized carbons (Fsp3) is 0.353. The first-order valence-corrected chi connectivity index (χ1v) is 8.19. The van der Waals surface area contributed by atoms with E-state index >= 15 is 0 Å². The predicted molar refractivity (Wildman–Crippen MR) is 84.5 cm³/mol. The molecule has 1 aliphatic rings. The molecule has 1 N–H and O–H groups in total. The van der Waals surface area contributed by atoms with Crippen molar-refractivity contribution in [3.05, 3.63) is 58.3 Å². The third-order valence-electron chi connectivity index (χ3n) is 4.23. The number of carboxylic acids is 1. The van der Waals surface area contributed by atoms with Crippen LogP contribution in [0.5, 0.6) is 0 Å². The Hall–Kier alpha value is -1.65. The van der Waals surface area contributed by atoms with E-state index in [9.17, 15) is 9.90 Å². The molecule has 2 aromatic rings. The monoisotopic (exact) mass is 301 g/mol. The summed E-state index contributed by atoms with van der Waals surface area (Å²) in [6, 6.07) is 12.4. The lowest BCUT2D eigenvalue weighted by Crippen LogP contribution is -2.41. The van der Waals surface area contributed by atoms with Gasteiger partial charge < -0.3 is 5.11 Å². The Morgan fingerprint density at radius 3 is 2.76 bits per heavy atom. The number of nitrogens with zero attached hydrogens (tertiary/aromatic N) is 1. The van der Waals surface area contributed by atoms with E-state index in [1.807, 2.05) is 11.4 Å². The molecule has 0 spiro atoms. The van der Waals surface area contributed by atoms with Gasteiger partial charge in [0, 0.05) is 19.0 Å². The largest absolute Gasteiger partial charge is 0.481 e. The van der Waals surface area contributed by atoms with Gasteiger partial charge in [-0.3, -0.25) is 9.69 Å². The van der Waals surface area contributed by atoms with Crippen LogP contribution < -0.4 is 0 Å². The maximum atomic E-state index is 11.5. The topological polar surface area (TPSA) is 40.5 Å². The summed E-state index contributed by atoms with van der Waals surface area (Å²) < 4.78 is 0. The lowest BCUT2D eigenvalue weighted by atomic mass is 9.81. The minimum Gasteiger partial charge on any atom is -0.481 e. The summed E-state index contributed by atoms with van der Waals surface area (Å²) in [7, 11) is 0. The maximum Gasteiger partial charge on any atom is 0.307 e. The fourth-order valence-corrected chi connectivity index (χ4v) is 3.85. The Kier molecular flexibility index (Phi) is 4.36. The lowest BCUT2D eigenvalue weighted by Gasteiger charge is -2.36. The highest BCUT2D eigenvalue weighted by atomic mass is 32.1. The highest BCUT2D eigenvalue weighted by molar-refractivity contribution is 7.08. The number of hydrogen-bond acceptors (Lipinski definition) is 3. The van der Waals surface area contributed by atoms with Crippen molar-refractivity contribution in [2.45, 2.75) is 18.9 Å². The van der Waals surface area contributed by atoms with Crippen molar-refractivity contribution in [2.24, 2.45) is 5.92 Å². The predicted octanol–water partition coefficient (Wildman–Crippen LogP) is 3.44. The molecule has 2 heterocycles. The number of piperidine rings is 1. The number of aliphatic carboxylic acids is 1. The first-order chi connectivity index (χ1) is 10.2. The van der Waals surface area contributed by atoms with Crippen LogP contribution in [-0.4, -0.2) is 29.1 Å². The first-order valence-electron chi connectivity index (χ1n) is 7.25. The molecule has 1 aromatic heterocycles. The van der Waals surface area contributed by atoms with Crippen LogP contribution in [0.2, 0.25) is 0 Å². The molecular formula is C17H19NO2S. The number of rotatable bonds is 4. The van der Waals surface area contributed by atoms with Crippen LogP contribution in [0.3, 0.4) is 0 Å². The van der Waals surface area contributed by atoms with Gasteiger partial charge in [-0.1, -0.05) is 30.3 Å². The second-order valence-corrected chi connectivity index (χ2v) is 6.40. The number of thiophene rings is 1. The summed E-state index contributed by atoms with van der Waals surface area (Å²) in [5.41, 5.74) is 2.46. The molecule has 1 aromatic carbocycles. The number of carbonyl (C=O) groups is 1. The van der Waals surface area contributed by atoms with Crippen LogP contribution in [0.25, 0.3) is 0 Å². The van der Waals surface area contributed by atoms with Crippen molar-refractivity contribution >= 4 is 17.3 Å². The van der Waals surface area contributed by atoms with E-state index in [4.69, 9.17) is 0 Å². The van der Waals surface area contributed by atoms with E-state index in [1.54, 1.807) is 11.3 Å². The SMILES string of the molecule is O=C(O)C1CCN(Cc2ccccc2)CC1c1ccsc1. The molecule has 1 fully saturated rings. The Morgan fingerprint density at radius 2 is 2.10 bits per heavy atom. The Morgan fingerprint density at radius 1 is 1.29 bits per heavy atom. The molecule has 110 valence electrons. The van der Waals surface area contributed by atoms with Gasteiger partial charge in [-0.25, -0.2) is 0 Å². The highest BCUT2D eigenvalue weighted by Crippen LogP contribution is 2.34. The lowest BCUT2D eigenvalue weighted by molar-refractivity contribution is -0.144. The zero-order valence-electron chi connectivity index (χ0n) is 11.8. The first kappa shape index (κ1) is 14.3. The third-order valence-corrected chi connectivity index (χ3v) is 4.94. The van der Waals surface area contributed by atoms with E-state index in [2.05, 4.69) is 40.6 Å². The van der Waals surface area contributed by atoms with E-state index in [-0.39, 0.29) is 11.8 Å². The summed E-state index contributed by atoms with van der Waals surface area (Å²) in [4.78, 5) is 13.9. The van der Waals surface area contributed by atoms with Gasteiger partial charge in [0.25, 0.3) is 0 Å². The van der Waals surface area contributed by atoms with Crippen LogP contribution in [0.15, 0.2) is 47.2 Å². The second-order valence-electron chi connectivity index (χ2n) is 5.62. The molecule has 3 rings (SSSR count). The van der Waals surface area contributed by atoms with Crippen molar-refractivity contribution in [3.8, 4) is 0 Å². The van der Waals surface area contributed by atoms with Crippen molar-refractivity contribution in [1.82, 2.24) is 4.90 Å². The molecule has 0 saturated carbocycles. The minimum atomic E-state index is -0.662. The Labute approximate surface area is 128 Å². The van der Waals surface area contributed by atoms with Gasteiger partial charge in [0.05, 0.1) is 5.92 Å². The van der Waals surface area contributed by atoms with Crippen molar-refractivity contribution in [2.75, 3.05) is 13.1 Å². The molecular weight excluding hydrogens is 282 g/mol. The molecule has 1 aliphatic heterocycles. The normalized spacial score (nSPS) is 23.0. The quantitative estimate of drug-likeness (QED) is 0.940. The van der Waals surface area contributed by atoms with Crippen LogP contribution in [0.4, 0.5) is 0 Å². The summed E-state index contributed by atoms with van der Waals surface area (Å²) in [5.74, 6) is -0.816. The summed E-state index contributed by atoms with van der Waals surface area (Å²) in [5, 5.41) is 13.6.